The van der Waals surface area contributed by atoms with Crippen LogP contribution in [0.3, 0.4) is 0 Å². The van der Waals surface area contributed by atoms with Crippen LogP contribution in [-0.2, 0) is 10.0 Å². The molecule has 0 aromatic carbocycles. The Kier molecular flexibility index (Phi) is 5.58. The number of sulfonamides is 1. The molecule has 0 saturated heterocycles. The molecule has 21 heavy (non-hydrogen) atoms. The van der Waals surface area contributed by atoms with E-state index in [1.807, 2.05) is 6.92 Å². The SMILES string of the molecule is CCNc1cc(S(=O)(=O)NCC2CCCC(C)C2)ccn1. The number of nitrogens with zero attached hydrogens (tertiary/aromatic N) is 1. The first kappa shape index (κ1) is 16.2. The van der Waals surface area contributed by atoms with Gasteiger partial charge in [-0.05, 0) is 37.7 Å². The lowest BCUT2D eigenvalue weighted by molar-refractivity contribution is 0.283. The molecule has 0 bridgehead atoms. The zero-order valence-electron chi connectivity index (χ0n) is 12.8. The number of rotatable bonds is 6. The Bertz CT molecular complexity index is 560. The Hall–Kier alpha value is -1.14. The van der Waals surface area contributed by atoms with Gasteiger partial charge in [-0.2, -0.15) is 0 Å². The topological polar surface area (TPSA) is 71.1 Å². The van der Waals surface area contributed by atoms with Gasteiger partial charge in [-0.1, -0.05) is 19.8 Å². The van der Waals surface area contributed by atoms with E-state index in [1.54, 1.807) is 6.07 Å². The Labute approximate surface area is 127 Å². The van der Waals surface area contributed by atoms with Crippen LogP contribution in [0.15, 0.2) is 23.2 Å². The third-order valence-corrected chi connectivity index (χ3v) is 5.43. The summed E-state index contributed by atoms with van der Waals surface area (Å²) in [7, 11) is -3.45. The summed E-state index contributed by atoms with van der Waals surface area (Å²) in [5.41, 5.74) is 0. The fourth-order valence-electron chi connectivity index (χ4n) is 2.91. The first-order valence-corrected chi connectivity index (χ1v) is 9.19. The third-order valence-electron chi connectivity index (χ3n) is 4.01. The van der Waals surface area contributed by atoms with E-state index in [-0.39, 0.29) is 4.90 Å². The van der Waals surface area contributed by atoms with Gasteiger partial charge in [0.15, 0.2) is 0 Å². The molecule has 6 heteroatoms. The van der Waals surface area contributed by atoms with Crippen molar-refractivity contribution in [1.82, 2.24) is 9.71 Å². The normalized spacial score (nSPS) is 23.0. The van der Waals surface area contributed by atoms with Gasteiger partial charge in [0.1, 0.15) is 5.82 Å². The Morgan fingerprint density at radius 3 is 2.90 bits per heavy atom. The second kappa shape index (κ2) is 7.22. The Morgan fingerprint density at radius 2 is 2.19 bits per heavy atom. The first-order chi connectivity index (χ1) is 10.0. The molecule has 1 heterocycles. The molecule has 1 aromatic rings. The molecule has 1 aliphatic carbocycles. The maximum absolute atomic E-state index is 12.3. The summed E-state index contributed by atoms with van der Waals surface area (Å²) in [6.45, 7) is 5.44. The van der Waals surface area contributed by atoms with E-state index in [4.69, 9.17) is 0 Å². The number of anilines is 1. The molecule has 0 radical (unpaired) electrons. The molecule has 118 valence electrons. The zero-order valence-corrected chi connectivity index (χ0v) is 13.6. The average molecular weight is 311 g/mol. The van der Waals surface area contributed by atoms with Crippen molar-refractivity contribution in [3.8, 4) is 0 Å². The standard InChI is InChI=1S/C15H25N3O2S/c1-3-16-15-10-14(7-8-17-15)21(19,20)18-11-13-6-4-5-12(2)9-13/h7-8,10,12-13,18H,3-6,9,11H2,1-2H3,(H,16,17). The molecule has 0 spiro atoms. The fourth-order valence-corrected chi connectivity index (χ4v) is 4.04. The monoisotopic (exact) mass is 311 g/mol. The van der Waals surface area contributed by atoms with Crippen molar-refractivity contribution in [2.45, 2.75) is 44.4 Å². The van der Waals surface area contributed by atoms with Crippen molar-refractivity contribution < 1.29 is 8.42 Å². The highest BCUT2D eigenvalue weighted by molar-refractivity contribution is 7.89. The van der Waals surface area contributed by atoms with Crippen LogP contribution < -0.4 is 10.0 Å². The number of hydrogen-bond acceptors (Lipinski definition) is 4. The first-order valence-electron chi connectivity index (χ1n) is 7.71. The van der Waals surface area contributed by atoms with Crippen molar-refractivity contribution >= 4 is 15.8 Å². The van der Waals surface area contributed by atoms with Gasteiger partial charge in [0.25, 0.3) is 0 Å². The predicted octanol–water partition coefficient (Wildman–Crippen LogP) is 2.62. The maximum atomic E-state index is 12.3. The van der Waals surface area contributed by atoms with Crippen LogP contribution >= 0.6 is 0 Å². The molecule has 2 N–H and O–H groups in total. The quantitative estimate of drug-likeness (QED) is 0.847. The van der Waals surface area contributed by atoms with Gasteiger partial charge in [-0.3, -0.25) is 0 Å². The van der Waals surface area contributed by atoms with Gasteiger partial charge in [0, 0.05) is 25.4 Å². The molecular formula is C15H25N3O2S. The lowest BCUT2D eigenvalue weighted by atomic mass is 9.83. The van der Waals surface area contributed by atoms with Crippen molar-refractivity contribution in [2.24, 2.45) is 11.8 Å². The molecule has 1 saturated carbocycles. The molecule has 0 aliphatic heterocycles. The Balaban J connectivity index is 1.99. The smallest absolute Gasteiger partial charge is 0.240 e. The van der Waals surface area contributed by atoms with E-state index >= 15 is 0 Å². The van der Waals surface area contributed by atoms with E-state index < -0.39 is 10.0 Å². The summed E-state index contributed by atoms with van der Waals surface area (Å²) in [5, 5.41) is 3.03. The number of nitrogens with one attached hydrogen (secondary N) is 2. The van der Waals surface area contributed by atoms with Gasteiger partial charge < -0.3 is 5.32 Å². The minimum Gasteiger partial charge on any atom is -0.370 e. The highest BCUT2D eigenvalue weighted by Crippen LogP contribution is 2.28. The van der Waals surface area contributed by atoms with Crippen LogP contribution in [0.2, 0.25) is 0 Å². The second-order valence-corrected chi connectivity index (χ2v) is 7.66. The van der Waals surface area contributed by atoms with Crippen LogP contribution in [0.4, 0.5) is 5.82 Å². The summed E-state index contributed by atoms with van der Waals surface area (Å²) in [6.07, 6.45) is 6.22. The van der Waals surface area contributed by atoms with Crippen molar-refractivity contribution in [3.05, 3.63) is 18.3 Å². The van der Waals surface area contributed by atoms with Gasteiger partial charge in [-0.25, -0.2) is 18.1 Å². The van der Waals surface area contributed by atoms with Crippen LogP contribution in [0, 0.1) is 11.8 Å². The molecule has 2 atom stereocenters. The van der Waals surface area contributed by atoms with Crippen LogP contribution in [-0.4, -0.2) is 26.5 Å². The molecule has 1 fully saturated rings. The van der Waals surface area contributed by atoms with Gasteiger partial charge in [0.2, 0.25) is 10.0 Å². The minimum atomic E-state index is -3.45. The summed E-state index contributed by atoms with van der Waals surface area (Å²) in [6, 6.07) is 3.11. The number of aromatic nitrogens is 1. The van der Waals surface area contributed by atoms with Crippen LogP contribution in [0.25, 0.3) is 0 Å². The number of pyridine rings is 1. The van der Waals surface area contributed by atoms with E-state index in [1.165, 1.54) is 25.1 Å². The van der Waals surface area contributed by atoms with Crippen LogP contribution in [0.1, 0.15) is 39.5 Å². The van der Waals surface area contributed by atoms with Crippen molar-refractivity contribution in [3.63, 3.8) is 0 Å². The largest absolute Gasteiger partial charge is 0.370 e. The molecular weight excluding hydrogens is 286 g/mol. The zero-order chi connectivity index (χ0) is 15.3. The lowest BCUT2D eigenvalue weighted by Gasteiger charge is -2.26. The van der Waals surface area contributed by atoms with E-state index in [0.29, 0.717) is 30.7 Å². The van der Waals surface area contributed by atoms with Gasteiger partial charge >= 0.3 is 0 Å². The number of hydrogen-bond donors (Lipinski definition) is 2. The second-order valence-electron chi connectivity index (χ2n) is 5.90. The lowest BCUT2D eigenvalue weighted by Crippen LogP contribution is -2.31. The molecule has 0 amide bonds. The summed E-state index contributed by atoms with van der Waals surface area (Å²) >= 11 is 0. The summed E-state index contributed by atoms with van der Waals surface area (Å²) in [5.74, 6) is 1.75. The molecule has 1 aliphatic rings. The highest BCUT2D eigenvalue weighted by Gasteiger charge is 2.22. The van der Waals surface area contributed by atoms with Crippen molar-refractivity contribution in [1.29, 1.82) is 0 Å². The van der Waals surface area contributed by atoms with Crippen LogP contribution in [0.5, 0.6) is 0 Å². The summed E-state index contributed by atoms with van der Waals surface area (Å²) in [4.78, 5) is 4.37. The Morgan fingerprint density at radius 1 is 1.38 bits per heavy atom. The highest BCUT2D eigenvalue weighted by atomic mass is 32.2. The predicted molar refractivity (Wildman–Crippen MR) is 84.7 cm³/mol. The maximum Gasteiger partial charge on any atom is 0.240 e. The van der Waals surface area contributed by atoms with Gasteiger partial charge in [-0.15, -0.1) is 0 Å². The minimum absolute atomic E-state index is 0.275. The summed E-state index contributed by atoms with van der Waals surface area (Å²) < 4.78 is 27.4. The van der Waals surface area contributed by atoms with E-state index in [0.717, 1.165) is 12.8 Å². The van der Waals surface area contributed by atoms with Gasteiger partial charge in [0.05, 0.1) is 4.90 Å². The third kappa shape index (κ3) is 4.68. The fraction of sp³-hybridized carbons (Fsp3) is 0.667. The molecule has 2 rings (SSSR count). The molecule has 2 unspecified atom stereocenters. The van der Waals surface area contributed by atoms with E-state index in [9.17, 15) is 8.42 Å². The average Bonchev–Trinajstić information content (AvgIpc) is 2.46. The van der Waals surface area contributed by atoms with Crippen molar-refractivity contribution in [2.75, 3.05) is 18.4 Å². The van der Waals surface area contributed by atoms with E-state index in [2.05, 4.69) is 21.9 Å². The molecule has 1 aromatic heterocycles. The molecule has 5 nitrogen and oxygen atoms in total.